The smallest absolute Gasteiger partial charge is 0.220 e. The minimum atomic E-state index is 0.149. The number of amides is 1. The summed E-state index contributed by atoms with van der Waals surface area (Å²) in [5, 5.41) is 4.12. The van der Waals surface area contributed by atoms with Gasteiger partial charge in [0.05, 0.1) is 34.4 Å². The average Bonchev–Trinajstić information content (AvgIpc) is 3.01. The number of hydrogen-bond donors (Lipinski definition) is 2. The van der Waals surface area contributed by atoms with Gasteiger partial charge >= 0.3 is 0 Å². The number of aromatic nitrogens is 1. The molecule has 1 aliphatic rings. The Morgan fingerprint density at radius 2 is 2.25 bits per heavy atom. The molecule has 2 N–H and O–H groups in total. The van der Waals surface area contributed by atoms with Crippen molar-refractivity contribution in [2.45, 2.75) is 51.5 Å². The van der Waals surface area contributed by atoms with Gasteiger partial charge < -0.3 is 10.2 Å². The molecule has 5 heteroatoms. The summed E-state index contributed by atoms with van der Waals surface area (Å²) in [6.45, 7) is 5.63. The maximum Gasteiger partial charge on any atom is 0.220 e. The van der Waals surface area contributed by atoms with Gasteiger partial charge in [-0.2, -0.15) is 0 Å². The first-order valence-corrected chi connectivity index (χ1v) is 10.00. The maximum atomic E-state index is 12.0. The van der Waals surface area contributed by atoms with Crippen LogP contribution in [0.5, 0.6) is 0 Å². The molecule has 0 radical (unpaired) electrons. The highest BCUT2D eigenvalue weighted by Gasteiger charge is 2.20. The second kappa shape index (κ2) is 8.58. The minimum Gasteiger partial charge on any atom is -0.356 e. The first-order chi connectivity index (χ1) is 11.7. The highest BCUT2D eigenvalue weighted by atomic mass is 32.1. The summed E-state index contributed by atoms with van der Waals surface area (Å²) in [6, 6.07) is 8.93. The van der Waals surface area contributed by atoms with Gasteiger partial charge in [-0.25, -0.2) is 4.98 Å². The van der Waals surface area contributed by atoms with E-state index in [1.54, 1.807) is 16.2 Å². The fourth-order valence-electron chi connectivity index (χ4n) is 3.50. The third kappa shape index (κ3) is 4.77. The van der Waals surface area contributed by atoms with Crippen LogP contribution < -0.4 is 10.2 Å². The van der Waals surface area contributed by atoms with Crippen LogP contribution in [0.2, 0.25) is 0 Å². The Kier molecular flexibility index (Phi) is 6.21. The maximum absolute atomic E-state index is 12.0. The summed E-state index contributed by atoms with van der Waals surface area (Å²) >= 11 is 1.69. The van der Waals surface area contributed by atoms with Crippen molar-refractivity contribution in [1.29, 1.82) is 0 Å². The van der Waals surface area contributed by atoms with E-state index in [1.165, 1.54) is 37.1 Å². The molecule has 1 aromatic carbocycles. The molecule has 24 heavy (non-hydrogen) atoms. The Morgan fingerprint density at radius 3 is 3.08 bits per heavy atom. The van der Waals surface area contributed by atoms with Crippen LogP contribution in [0.1, 0.15) is 44.0 Å². The van der Waals surface area contributed by atoms with Crippen LogP contribution in [-0.4, -0.2) is 36.6 Å². The number of quaternary nitrogens is 1. The van der Waals surface area contributed by atoms with Crippen LogP contribution in [-0.2, 0) is 11.2 Å². The molecule has 1 saturated heterocycles. The second-order valence-electron chi connectivity index (χ2n) is 6.83. The van der Waals surface area contributed by atoms with Gasteiger partial charge in [-0.15, -0.1) is 11.3 Å². The van der Waals surface area contributed by atoms with Crippen LogP contribution in [0.4, 0.5) is 0 Å². The zero-order valence-corrected chi connectivity index (χ0v) is 15.3. The minimum absolute atomic E-state index is 0.149. The van der Waals surface area contributed by atoms with E-state index in [2.05, 4.69) is 23.3 Å². The first kappa shape index (κ1) is 17.4. The lowest BCUT2D eigenvalue weighted by Gasteiger charge is -2.30. The standard InChI is InChI=1S/C19H27N3OS/c1-15-7-4-5-13-22(15)14-6-12-20-18(23)10-11-19-21-16-8-2-3-9-17(16)24-19/h2-3,8-9,15H,4-7,10-14H2,1H3,(H,20,23)/p+1/t15-/m1/s1. The quantitative estimate of drug-likeness (QED) is 0.755. The Hall–Kier alpha value is -1.46. The normalized spacial score (nSPS) is 21.0. The number of piperidine rings is 1. The van der Waals surface area contributed by atoms with Crippen molar-refractivity contribution >= 4 is 27.5 Å². The van der Waals surface area contributed by atoms with Crippen molar-refractivity contribution in [3.05, 3.63) is 29.3 Å². The first-order valence-electron chi connectivity index (χ1n) is 9.18. The predicted octanol–water partition coefficient (Wildman–Crippen LogP) is 2.19. The topological polar surface area (TPSA) is 46.4 Å². The Labute approximate surface area is 148 Å². The lowest BCUT2D eigenvalue weighted by atomic mass is 10.0. The van der Waals surface area contributed by atoms with Crippen molar-refractivity contribution in [3.63, 3.8) is 0 Å². The molecule has 0 spiro atoms. The number of aryl methyl sites for hydroxylation is 1. The summed E-state index contributed by atoms with van der Waals surface area (Å²) in [4.78, 5) is 18.3. The molecular weight excluding hydrogens is 318 g/mol. The lowest BCUT2D eigenvalue weighted by molar-refractivity contribution is -0.928. The Balaban J connectivity index is 1.33. The number of fused-ring (bicyclic) bond motifs is 1. The fraction of sp³-hybridized carbons (Fsp3) is 0.579. The number of nitrogens with zero attached hydrogens (tertiary/aromatic N) is 1. The molecule has 0 saturated carbocycles. The molecule has 0 aliphatic carbocycles. The lowest BCUT2D eigenvalue weighted by Crippen LogP contribution is -3.16. The zero-order valence-electron chi connectivity index (χ0n) is 14.5. The number of carbonyl (C=O) groups excluding carboxylic acids is 1. The average molecular weight is 347 g/mol. The van der Waals surface area contributed by atoms with Crippen molar-refractivity contribution in [1.82, 2.24) is 10.3 Å². The molecule has 2 aromatic rings. The molecule has 2 atom stereocenters. The number of rotatable bonds is 7. The van der Waals surface area contributed by atoms with Gasteiger partial charge in [0.25, 0.3) is 0 Å². The van der Waals surface area contributed by atoms with E-state index in [0.29, 0.717) is 6.42 Å². The molecule has 1 aromatic heterocycles. The van der Waals surface area contributed by atoms with E-state index >= 15 is 0 Å². The van der Waals surface area contributed by atoms with Crippen molar-refractivity contribution in [3.8, 4) is 0 Å². The number of carbonyl (C=O) groups is 1. The highest BCUT2D eigenvalue weighted by molar-refractivity contribution is 7.18. The van der Waals surface area contributed by atoms with E-state index < -0.39 is 0 Å². The third-order valence-corrected chi connectivity index (χ3v) is 6.08. The fourth-order valence-corrected chi connectivity index (χ4v) is 4.47. The van der Waals surface area contributed by atoms with E-state index in [1.807, 2.05) is 18.2 Å². The van der Waals surface area contributed by atoms with Gasteiger partial charge in [-0.1, -0.05) is 12.1 Å². The summed E-state index contributed by atoms with van der Waals surface area (Å²) < 4.78 is 1.20. The predicted molar refractivity (Wildman–Crippen MR) is 99.6 cm³/mol. The molecule has 1 amide bonds. The van der Waals surface area contributed by atoms with Gasteiger partial charge in [0, 0.05) is 25.8 Å². The van der Waals surface area contributed by atoms with E-state index in [0.717, 1.165) is 36.0 Å². The highest BCUT2D eigenvalue weighted by Crippen LogP contribution is 2.22. The van der Waals surface area contributed by atoms with E-state index in [9.17, 15) is 4.79 Å². The van der Waals surface area contributed by atoms with Crippen LogP contribution >= 0.6 is 11.3 Å². The zero-order chi connectivity index (χ0) is 16.8. The SMILES string of the molecule is C[C@@H]1CCCC[NH+]1CCCNC(=O)CCc1nc2ccccc2s1. The number of para-hydroxylation sites is 1. The largest absolute Gasteiger partial charge is 0.356 e. The van der Waals surface area contributed by atoms with Crippen molar-refractivity contribution in [2.24, 2.45) is 0 Å². The number of hydrogen-bond acceptors (Lipinski definition) is 3. The molecule has 0 bridgehead atoms. The van der Waals surface area contributed by atoms with Crippen LogP contribution in [0.25, 0.3) is 10.2 Å². The van der Waals surface area contributed by atoms with E-state index in [4.69, 9.17) is 0 Å². The van der Waals surface area contributed by atoms with Crippen molar-refractivity contribution in [2.75, 3.05) is 19.6 Å². The number of benzene rings is 1. The molecule has 3 rings (SSSR count). The molecule has 4 nitrogen and oxygen atoms in total. The third-order valence-electron chi connectivity index (χ3n) is 4.98. The number of nitrogens with one attached hydrogen (secondary N) is 2. The number of thiazole rings is 1. The summed E-state index contributed by atoms with van der Waals surface area (Å²) in [5.41, 5.74) is 1.04. The Morgan fingerprint density at radius 1 is 1.38 bits per heavy atom. The van der Waals surface area contributed by atoms with Gasteiger partial charge in [0.2, 0.25) is 5.91 Å². The van der Waals surface area contributed by atoms with E-state index in [-0.39, 0.29) is 5.91 Å². The summed E-state index contributed by atoms with van der Waals surface area (Å²) in [5.74, 6) is 0.149. The van der Waals surface area contributed by atoms with Crippen LogP contribution in [0.3, 0.4) is 0 Å². The molecular formula is C19H28N3OS+. The molecule has 130 valence electrons. The summed E-state index contributed by atoms with van der Waals surface area (Å²) in [7, 11) is 0. The Bertz CT molecular complexity index is 636. The molecule has 2 heterocycles. The molecule has 1 aliphatic heterocycles. The van der Waals surface area contributed by atoms with Gasteiger partial charge in [-0.3, -0.25) is 4.79 Å². The van der Waals surface area contributed by atoms with Gasteiger partial charge in [-0.05, 0) is 38.3 Å². The number of likely N-dealkylation sites (tertiary alicyclic amines) is 1. The van der Waals surface area contributed by atoms with Crippen LogP contribution in [0.15, 0.2) is 24.3 Å². The monoisotopic (exact) mass is 346 g/mol. The summed E-state index contributed by atoms with van der Waals surface area (Å²) in [6.07, 6.45) is 6.43. The molecule has 1 fully saturated rings. The van der Waals surface area contributed by atoms with Crippen molar-refractivity contribution < 1.29 is 9.69 Å². The van der Waals surface area contributed by atoms with Gasteiger partial charge in [0.1, 0.15) is 0 Å². The second-order valence-corrected chi connectivity index (χ2v) is 7.95. The molecule has 1 unspecified atom stereocenters. The van der Waals surface area contributed by atoms with Crippen LogP contribution in [0, 0.1) is 0 Å². The van der Waals surface area contributed by atoms with Gasteiger partial charge in [0.15, 0.2) is 0 Å².